The average Bonchev–Trinajstić information content (AvgIpc) is 2.94. The largest absolute Gasteiger partial charge is 0.508 e. The Hall–Kier alpha value is -2.13. The summed E-state index contributed by atoms with van der Waals surface area (Å²) < 4.78 is 0. The normalized spacial score (nSPS) is 19.7. The van der Waals surface area contributed by atoms with Gasteiger partial charge in [0.25, 0.3) is 0 Å². The Morgan fingerprint density at radius 3 is 2.36 bits per heavy atom. The Bertz CT molecular complexity index is 749. The second-order valence-corrected chi connectivity index (χ2v) is 6.23. The number of phenols is 1. The molecule has 1 aliphatic rings. The number of phenolic OH excluding ortho intramolecular Hbond substituents is 1. The maximum absolute atomic E-state index is 9.79. The molecule has 2 aromatic rings. The lowest BCUT2D eigenvalue weighted by Crippen LogP contribution is -2.31. The van der Waals surface area contributed by atoms with Crippen LogP contribution in [0.25, 0.3) is 0 Å². The van der Waals surface area contributed by atoms with Gasteiger partial charge in [-0.3, -0.25) is 0 Å². The first-order valence-electron chi connectivity index (χ1n) is 7.19. The minimum atomic E-state index is -0.382. The first-order valence-corrected chi connectivity index (χ1v) is 7.63. The van der Waals surface area contributed by atoms with Crippen molar-refractivity contribution in [2.75, 3.05) is 0 Å². The number of aromatic hydroxyl groups is 1. The highest BCUT2D eigenvalue weighted by atomic mass is 32.1. The molecule has 0 heterocycles. The van der Waals surface area contributed by atoms with Gasteiger partial charge in [-0.1, -0.05) is 49.4 Å². The van der Waals surface area contributed by atoms with Crippen LogP contribution in [0.1, 0.15) is 18.1 Å². The summed E-state index contributed by atoms with van der Waals surface area (Å²) in [6, 6.07) is 15.4. The van der Waals surface area contributed by atoms with Crippen molar-refractivity contribution in [3.05, 3.63) is 83.6 Å². The SMILES string of the molecule is CC(c1ccccc1)(c1ccc(O)cc1S)C1C=CC(O)=C1. The molecule has 2 unspecified atom stereocenters. The fraction of sp³-hybridized carbons (Fsp3) is 0.158. The maximum atomic E-state index is 9.79. The number of allylic oxidation sites excluding steroid dienone is 3. The van der Waals surface area contributed by atoms with Gasteiger partial charge in [-0.25, -0.2) is 0 Å². The highest BCUT2D eigenvalue weighted by Gasteiger charge is 2.38. The fourth-order valence-corrected chi connectivity index (χ4v) is 3.57. The van der Waals surface area contributed by atoms with Crippen LogP contribution in [0.4, 0.5) is 0 Å². The smallest absolute Gasteiger partial charge is 0.116 e. The van der Waals surface area contributed by atoms with Gasteiger partial charge < -0.3 is 10.2 Å². The van der Waals surface area contributed by atoms with Crippen LogP contribution in [0.5, 0.6) is 5.75 Å². The zero-order chi connectivity index (χ0) is 15.7. The van der Waals surface area contributed by atoms with Crippen LogP contribution in [-0.2, 0) is 5.41 Å². The van der Waals surface area contributed by atoms with Gasteiger partial charge in [-0.15, -0.1) is 12.6 Å². The van der Waals surface area contributed by atoms with Crippen molar-refractivity contribution >= 4 is 12.6 Å². The van der Waals surface area contributed by atoms with E-state index in [1.807, 2.05) is 36.4 Å². The van der Waals surface area contributed by atoms with E-state index in [1.54, 1.807) is 18.2 Å². The maximum Gasteiger partial charge on any atom is 0.116 e. The summed E-state index contributed by atoms with van der Waals surface area (Å²) >= 11 is 4.56. The Labute approximate surface area is 135 Å². The number of thiol groups is 1. The van der Waals surface area contributed by atoms with Crippen molar-refractivity contribution in [1.29, 1.82) is 0 Å². The summed E-state index contributed by atoms with van der Waals surface area (Å²) in [5.41, 5.74) is 1.77. The van der Waals surface area contributed by atoms with Crippen LogP contribution < -0.4 is 0 Å². The van der Waals surface area contributed by atoms with Crippen molar-refractivity contribution in [2.24, 2.45) is 5.92 Å². The highest BCUT2D eigenvalue weighted by Crippen LogP contribution is 2.45. The summed E-state index contributed by atoms with van der Waals surface area (Å²) in [5, 5.41) is 19.5. The van der Waals surface area contributed by atoms with Gasteiger partial charge in [0.05, 0.1) is 0 Å². The van der Waals surface area contributed by atoms with E-state index in [9.17, 15) is 10.2 Å². The zero-order valence-electron chi connectivity index (χ0n) is 12.3. The molecule has 2 nitrogen and oxygen atoms in total. The number of aliphatic hydroxyl groups is 1. The van der Waals surface area contributed by atoms with Gasteiger partial charge in [-0.05, 0) is 35.4 Å². The summed E-state index contributed by atoms with van der Waals surface area (Å²) in [7, 11) is 0. The molecular formula is C19H18O2S. The molecule has 0 fully saturated rings. The highest BCUT2D eigenvalue weighted by molar-refractivity contribution is 7.80. The third-order valence-corrected chi connectivity index (χ3v) is 4.78. The minimum Gasteiger partial charge on any atom is -0.508 e. The van der Waals surface area contributed by atoms with E-state index in [-0.39, 0.29) is 22.8 Å². The van der Waals surface area contributed by atoms with Crippen molar-refractivity contribution in [3.63, 3.8) is 0 Å². The van der Waals surface area contributed by atoms with E-state index in [1.165, 1.54) is 0 Å². The lowest BCUT2D eigenvalue weighted by atomic mass is 9.67. The minimum absolute atomic E-state index is 0.0188. The molecule has 22 heavy (non-hydrogen) atoms. The summed E-state index contributed by atoms with van der Waals surface area (Å²) in [4.78, 5) is 0.736. The van der Waals surface area contributed by atoms with Gasteiger partial charge in [0.15, 0.2) is 0 Å². The van der Waals surface area contributed by atoms with Crippen LogP contribution in [0, 0.1) is 5.92 Å². The van der Waals surface area contributed by atoms with E-state index in [0.717, 1.165) is 16.0 Å². The van der Waals surface area contributed by atoms with E-state index in [2.05, 4.69) is 31.7 Å². The fourth-order valence-electron chi connectivity index (χ4n) is 3.13. The molecule has 0 bridgehead atoms. The molecule has 0 saturated carbocycles. The molecule has 0 saturated heterocycles. The van der Waals surface area contributed by atoms with E-state index in [0.29, 0.717) is 0 Å². The molecule has 0 spiro atoms. The van der Waals surface area contributed by atoms with Crippen molar-refractivity contribution in [2.45, 2.75) is 17.2 Å². The first-order chi connectivity index (χ1) is 10.5. The molecule has 2 atom stereocenters. The second kappa shape index (κ2) is 5.58. The predicted molar refractivity (Wildman–Crippen MR) is 91.6 cm³/mol. The van der Waals surface area contributed by atoms with E-state index in [4.69, 9.17) is 0 Å². The molecule has 2 aromatic carbocycles. The Balaban J connectivity index is 2.22. The number of aliphatic hydroxyl groups excluding tert-OH is 1. The summed E-state index contributed by atoms with van der Waals surface area (Å²) in [6.45, 7) is 2.14. The average molecular weight is 310 g/mol. The molecular weight excluding hydrogens is 292 g/mol. The van der Waals surface area contributed by atoms with Gasteiger partial charge in [0.1, 0.15) is 11.5 Å². The number of benzene rings is 2. The molecule has 3 rings (SSSR count). The summed E-state index contributed by atoms with van der Waals surface area (Å²) in [5.74, 6) is 0.501. The number of rotatable bonds is 3. The van der Waals surface area contributed by atoms with Crippen molar-refractivity contribution < 1.29 is 10.2 Å². The zero-order valence-corrected chi connectivity index (χ0v) is 13.2. The Kier molecular flexibility index (Phi) is 3.75. The van der Waals surface area contributed by atoms with Gasteiger partial charge >= 0.3 is 0 Å². The van der Waals surface area contributed by atoms with Gasteiger partial charge in [-0.2, -0.15) is 0 Å². The molecule has 112 valence electrons. The standard InChI is InChI=1S/C19H18O2S/c1-19(13-5-3-2-4-6-13,14-7-8-15(20)11-14)17-10-9-16(21)12-18(17)22/h2-12,14,20-22H,1H3. The van der Waals surface area contributed by atoms with Crippen LogP contribution in [0.2, 0.25) is 0 Å². The summed E-state index contributed by atoms with van der Waals surface area (Å²) in [6.07, 6.45) is 5.58. The molecule has 0 amide bonds. The van der Waals surface area contributed by atoms with Gasteiger partial charge in [0.2, 0.25) is 0 Å². The first kappa shape index (κ1) is 14.8. The Morgan fingerprint density at radius 2 is 1.77 bits per heavy atom. The quantitative estimate of drug-likeness (QED) is 0.724. The predicted octanol–water partition coefficient (Wildman–Crippen LogP) is 4.61. The molecule has 0 aliphatic heterocycles. The third-order valence-electron chi connectivity index (χ3n) is 4.41. The topological polar surface area (TPSA) is 40.5 Å². The van der Waals surface area contributed by atoms with E-state index >= 15 is 0 Å². The molecule has 3 heteroatoms. The van der Waals surface area contributed by atoms with Crippen LogP contribution >= 0.6 is 12.6 Å². The lowest BCUT2D eigenvalue weighted by molar-refractivity contribution is 0.421. The van der Waals surface area contributed by atoms with Crippen LogP contribution in [0.15, 0.2) is 77.4 Å². The van der Waals surface area contributed by atoms with Crippen LogP contribution in [-0.4, -0.2) is 10.2 Å². The van der Waals surface area contributed by atoms with Crippen LogP contribution in [0.3, 0.4) is 0 Å². The molecule has 1 aliphatic carbocycles. The van der Waals surface area contributed by atoms with E-state index < -0.39 is 0 Å². The number of hydrogen-bond acceptors (Lipinski definition) is 3. The number of hydrogen-bond donors (Lipinski definition) is 3. The van der Waals surface area contributed by atoms with Crippen molar-refractivity contribution in [3.8, 4) is 5.75 Å². The second-order valence-electron chi connectivity index (χ2n) is 5.75. The monoisotopic (exact) mass is 310 g/mol. The Morgan fingerprint density at radius 1 is 1.05 bits per heavy atom. The molecule has 2 N–H and O–H groups in total. The lowest BCUT2D eigenvalue weighted by Gasteiger charge is -2.36. The van der Waals surface area contributed by atoms with Gasteiger partial charge in [0, 0.05) is 16.2 Å². The molecule has 0 radical (unpaired) electrons. The van der Waals surface area contributed by atoms with Crippen molar-refractivity contribution in [1.82, 2.24) is 0 Å². The molecule has 0 aromatic heterocycles. The third kappa shape index (κ3) is 2.42.